The van der Waals surface area contributed by atoms with E-state index in [0.29, 0.717) is 48.0 Å². The summed E-state index contributed by atoms with van der Waals surface area (Å²) in [5.74, 6) is -1.13. The molecular weight excluding hydrogens is 462 g/mol. The SMILES string of the molecule is Cc1ccccc1C(=O)Nc1ccc(S(=O)(=O)N(C(=O)C(C)C)C2CCNCC2)c2ccccc12. The number of rotatable bonds is 6. The molecule has 2 N–H and O–H groups in total. The molecule has 3 aromatic carbocycles. The molecule has 35 heavy (non-hydrogen) atoms. The molecule has 2 amide bonds. The number of nitrogens with one attached hydrogen (secondary N) is 2. The van der Waals surface area contributed by atoms with Crippen LogP contribution in [0.2, 0.25) is 0 Å². The van der Waals surface area contributed by atoms with Crippen LogP contribution in [0, 0.1) is 12.8 Å². The Morgan fingerprint density at radius 1 is 0.943 bits per heavy atom. The van der Waals surface area contributed by atoms with E-state index >= 15 is 0 Å². The number of hydrogen-bond donors (Lipinski definition) is 2. The van der Waals surface area contributed by atoms with E-state index in [0.717, 1.165) is 9.87 Å². The first kappa shape index (κ1) is 24.9. The summed E-state index contributed by atoms with van der Waals surface area (Å²) < 4.78 is 29.1. The van der Waals surface area contributed by atoms with Crippen molar-refractivity contribution >= 4 is 38.3 Å². The fourth-order valence-corrected chi connectivity index (χ4v) is 6.48. The first-order valence-corrected chi connectivity index (χ1v) is 13.3. The van der Waals surface area contributed by atoms with E-state index < -0.39 is 27.9 Å². The lowest BCUT2D eigenvalue weighted by Crippen LogP contribution is -2.50. The second-order valence-corrected chi connectivity index (χ2v) is 11.0. The highest BCUT2D eigenvalue weighted by Gasteiger charge is 2.38. The monoisotopic (exact) mass is 493 g/mol. The molecule has 0 aromatic heterocycles. The quantitative estimate of drug-likeness (QED) is 0.533. The van der Waals surface area contributed by atoms with E-state index in [1.54, 1.807) is 56.3 Å². The number of benzene rings is 3. The third-order valence-corrected chi connectivity index (χ3v) is 8.32. The Morgan fingerprint density at radius 3 is 2.23 bits per heavy atom. The standard InChI is InChI=1S/C27H31N3O4S/c1-18(2)27(32)30(20-14-16-28-17-15-20)35(33,34)25-13-12-24(22-10-6-7-11-23(22)25)29-26(31)21-9-5-4-8-19(21)3/h4-13,18,20,28H,14-17H2,1-3H3,(H,29,31). The Bertz CT molecular complexity index is 1360. The van der Waals surface area contributed by atoms with Gasteiger partial charge in [-0.1, -0.05) is 56.3 Å². The minimum atomic E-state index is -4.13. The first-order chi connectivity index (χ1) is 16.7. The van der Waals surface area contributed by atoms with E-state index in [1.807, 2.05) is 19.1 Å². The van der Waals surface area contributed by atoms with Gasteiger partial charge in [0.15, 0.2) is 0 Å². The third kappa shape index (κ3) is 4.94. The van der Waals surface area contributed by atoms with Crippen LogP contribution in [-0.2, 0) is 14.8 Å². The second-order valence-electron chi connectivity index (χ2n) is 9.20. The van der Waals surface area contributed by atoms with Gasteiger partial charge >= 0.3 is 0 Å². The molecule has 0 bridgehead atoms. The molecule has 0 saturated carbocycles. The summed E-state index contributed by atoms with van der Waals surface area (Å²) in [7, 11) is -4.13. The molecule has 1 saturated heterocycles. The van der Waals surface area contributed by atoms with Crippen LogP contribution in [0.3, 0.4) is 0 Å². The lowest BCUT2D eigenvalue weighted by atomic mass is 10.1. The van der Waals surface area contributed by atoms with Gasteiger partial charge < -0.3 is 10.6 Å². The lowest BCUT2D eigenvalue weighted by Gasteiger charge is -2.35. The first-order valence-electron chi connectivity index (χ1n) is 11.9. The van der Waals surface area contributed by atoms with Gasteiger partial charge in [-0.2, -0.15) is 0 Å². The van der Waals surface area contributed by atoms with Gasteiger partial charge in [-0.15, -0.1) is 0 Å². The van der Waals surface area contributed by atoms with Crippen LogP contribution in [0.1, 0.15) is 42.6 Å². The van der Waals surface area contributed by atoms with Gasteiger partial charge in [-0.05, 0) is 56.6 Å². The zero-order valence-corrected chi connectivity index (χ0v) is 21.1. The lowest BCUT2D eigenvalue weighted by molar-refractivity contribution is -0.131. The molecule has 1 fully saturated rings. The number of anilines is 1. The van der Waals surface area contributed by atoms with Crippen molar-refractivity contribution < 1.29 is 18.0 Å². The Labute approximate surface area is 206 Å². The number of hydrogen-bond acceptors (Lipinski definition) is 5. The van der Waals surface area contributed by atoms with Crippen molar-refractivity contribution in [1.82, 2.24) is 9.62 Å². The number of sulfonamides is 1. The number of amides is 2. The molecule has 0 spiro atoms. The molecule has 4 rings (SSSR count). The van der Waals surface area contributed by atoms with Gasteiger partial charge in [-0.3, -0.25) is 9.59 Å². The van der Waals surface area contributed by atoms with Crippen molar-refractivity contribution in [3.63, 3.8) is 0 Å². The van der Waals surface area contributed by atoms with Gasteiger partial charge in [0, 0.05) is 27.9 Å². The van der Waals surface area contributed by atoms with E-state index in [4.69, 9.17) is 0 Å². The van der Waals surface area contributed by atoms with Crippen molar-refractivity contribution in [2.24, 2.45) is 5.92 Å². The summed E-state index contributed by atoms with van der Waals surface area (Å²) >= 11 is 0. The van der Waals surface area contributed by atoms with Crippen LogP contribution in [0.25, 0.3) is 10.8 Å². The fraction of sp³-hybridized carbons (Fsp3) is 0.333. The van der Waals surface area contributed by atoms with Crippen molar-refractivity contribution in [2.75, 3.05) is 18.4 Å². The second kappa shape index (κ2) is 10.2. The van der Waals surface area contributed by atoms with E-state index in [2.05, 4.69) is 10.6 Å². The largest absolute Gasteiger partial charge is 0.321 e. The molecule has 3 aromatic rings. The van der Waals surface area contributed by atoms with Crippen molar-refractivity contribution in [1.29, 1.82) is 0 Å². The number of carbonyl (C=O) groups is 2. The molecule has 8 heteroatoms. The van der Waals surface area contributed by atoms with Gasteiger partial charge in [0.2, 0.25) is 5.91 Å². The molecule has 0 aliphatic carbocycles. The number of piperidine rings is 1. The Balaban J connectivity index is 1.78. The third-order valence-electron chi connectivity index (χ3n) is 6.41. The maximum absolute atomic E-state index is 14.0. The summed E-state index contributed by atoms with van der Waals surface area (Å²) in [6.45, 7) is 6.62. The summed E-state index contributed by atoms with van der Waals surface area (Å²) in [5.41, 5.74) is 1.91. The summed E-state index contributed by atoms with van der Waals surface area (Å²) in [6, 6.07) is 17.0. The van der Waals surface area contributed by atoms with Gasteiger partial charge in [0.1, 0.15) is 0 Å². The van der Waals surface area contributed by atoms with Crippen LogP contribution in [0.5, 0.6) is 0 Å². The predicted octanol–water partition coefficient (Wildman–Crippen LogP) is 4.33. The van der Waals surface area contributed by atoms with Gasteiger partial charge in [0.25, 0.3) is 15.9 Å². The van der Waals surface area contributed by atoms with Crippen molar-refractivity contribution in [2.45, 2.75) is 44.6 Å². The van der Waals surface area contributed by atoms with Crippen LogP contribution in [0.15, 0.2) is 65.6 Å². The minimum Gasteiger partial charge on any atom is -0.321 e. The highest BCUT2D eigenvalue weighted by Crippen LogP contribution is 2.34. The zero-order chi connectivity index (χ0) is 25.2. The molecular formula is C27H31N3O4S. The van der Waals surface area contributed by atoms with Crippen LogP contribution in [0.4, 0.5) is 5.69 Å². The normalized spacial score (nSPS) is 14.7. The van der Waals surface area contributed by atoms with Crippen molar-refractivity contribution in [3.05, 3.63) is 71.8 Å². The average Bonchev–Trinajstić information content (AvgIpc) is 2.84. The number of carbonyl (C=O) groups excluding carboxylic acids is 2. The molecule has 1 heterocycles. The topological polar surface area (TPSA) is 95.6 Å². The van der Waals surface area contributed by atoms with E-state index in [9.17, 15) is 18.0 Å². The molecule has 1 aliphatic heterocycles. The number of fused-ring (bicyclic) bond motifs is 1. The Hall–Kier alpha value is -3.23. The number of aryl methyl sites for hydroxylation is 1. The maximum Gasteiger partial charge on any atom is 0.267 e. The Morgan fingerprint density at radius 2 is 1.57 bits per heavy atom. The van der Waals surface area contributed by atoms with Crippen LogP contribution < -0.4 is 10.6 Å². The van der Waals surface area contributed by atoms with Crippen LogP contribution in [-0.4, -0.2) is 43.7 Å². The highest BCUT2D eigenvalue weighted by molar-refractivity contribution is 7.90. The van der Waals surface area contributed by atoms with Gasteiger partial charge in [-0.25, -0.2) is 12.7 Å². The molecule has 1 aliphatic rings. The average molecular weight is 494 g/mol. The molecule has 0 unspecified atom stereocenters. The zero-order valence-electron chi connectivity index (χ0n) is 20.2. The van der Waals surface area contributed by atoms with Crippen molar-refractivity contribution in [3.8, 4) is 0 Å². The fourth-order valence-electron chi connectivity index (χ4n) is 4.52. The van der Waals surface area contributed by atoms with Crippen LogP contribution >= 0.6 is 0 Å². The summed E-state index contributed by atoms with van der Waals surface area (Å²) in [4.78, 5) is 26.2. The molecule has 0 radical (unpaired) electrons. The highest BCUT2D eigenvalue weighted by atomic mass is 32.2. The summed E-state index contributed by atoms with van der Waals surface area (Å²) in [6.07, 6.45) is 1.14. The Kier molecular flexibility index (Phi) is 7.23. The van der Waals surface area contributed by atoms with Gasteiger partial charge in [0.05, 0.1) is 10.9 Å². The smallest absolute Gasteiger partial charge is 0.267 e. The molecule has 0 atom stereocenters. The predicted molar refractivity (Wildman–Crippen MR) is 138 cm³/mol. The summed E-state index contributed by atoms with van der Waals surface area (Å²) in [5, 5.41) is 7.22. The minimum absolute atomic E-state index is 0.0644. The molecule has 184 valence electrons. The van der Waals surface area contributed by atoms with E-state index in [-0.39, 0.29) is 10.8 Å². The maximum atomic E-state index is 14.0. The number of nitrogens with zero attached hydrogens (tertiary/aromatic N) is 1. The van der Waals surface area contributed by atoms with E-state index in [1.165, 1.54) is 6.07 Å². The molecule has 7 nitrogen and oxygen atoms in total.